The fourth-order valence-electron chi connectivity index (χ4n) is 3.00. The molecule has 1 heterocycles. The number of sulfone groups is 1. The lowest BCUT2D eigenvalue weighted by atomic mass is 9.96. The molecule has 0 fully saturated rings. The van der Waals surface area contributed by atoms with Crippen LogP contribution in [0.25, 0.3) is 0 Å². The highest BCUT2D eigenvalue weighted by Gasteiger charge is 2.38. The number of hydrogen-bond acceptors (Lipinski definition) is 8. The van der Waals surface area contributed by atoms with Crippen molar-refractivity contribution in [3.63, 3.8) is 0 Å². The molecule has 0 saturated carbocycles. The van der Waals surface area contributed by atoms with Gasteiger partial charge in [0.1, 0.15) is 11.9 Å². The van der Waals surface area contributed by atoms with E-state index in [1.165, 1.54) is 17.8 Å². The summed E-state index contributed by atoms with van der Waals surface area (Å²) in [6.07, 6.45) is 4.33. The van der Waals surface area contributed by atoms with E-state index in [1.807, 2.05) is 13.2 Å². The Morgan fingerprint density at radius 1 is 1.50 bits per heavy atom. The molecule has 2 N–H and O–H groups in total. The predicted octanol–water partition coefficient (Wildman–Crippen LogP) is 1.10. The Morgan fingerprint density at radius 3 is 2.64 bits per heavy atom. The van der Waals surface area contributed by atoms with E-state index in [0.29, 0.717) is 17.3 Å². The van der Waals surface area contributed by atoms with Crippen LogP contribution in [0.1, 0.15) is 13.8 Å². The van der Waals surface area contributed by atoms with Crippen LogP contribution in [0.15, 0.2) is 26.7 Å². The summed E-state index contributed by atoms with van der Waals surface area (Å²) in [5.74, 6) is 2.67. The number of aliphatic hydroxyl groups excluding tert-OH is 1. The van der Waals surface area contributed by atoms with E-state index in [2.05, 4.69) is 15.9 Å². The van der Waals surface area contributed by atoms with Crippen LogP contribution in [0, 0.1) is 11.3 Å². The predicted molar refractivity (Wildman–Crippen MR) is 118 cm³/mol. The molecule has 0 aromatic heterocycles. The number of hydrogen-bond donors (Lipinski definition) is 2. The summed E-state index contributed by atoms with van der Waals surface area (Å²) in [6, 6.07) is -0.355. The van der Waals surface area contributed by atoms with E-state index < -0.39 is 22.0 Å². The van der Waals surface area contributed by atoms with Crippen molar-refractivity contribution in [1.82, 2.24) is 9.80 Å². The van der Waals surface area contributed by atoms with Crippen molar-refractivity contribution >= 4 is 39.5 Å². The minimum Gasteiger partial charge on any atom is -0.377 e. The average Bonchev–Trinajstić information content (AvgIpc) is 2.64. The van der Waals surface area contributed by atoms with Crippen molar-refractivity contribution < 1.29 is 13.5 Å². The SMILES string of the molecule is CCS(=O)(=O)C1=C(C(=NCC=C=N)N(C)C)N=CC(N(C)C(O)CSC)C1C. The second kappa shape index (κ2) is 10.9. The molecule has 0 radical (unpaired) electrons. The van der Waals surface area contributed by atoms with Crippen LogP contribution in [0.2, 0.25) is 0 Å². The van der Waals surface area contributed by atoms with E-state index >= 15 is 0 Å². The van der Waals surface area contributed by atoms with Crippen LogP contribution in [0.3, 0.4) is 0 Å². The van der Waals surface area contributed by atoms with Crippen molar-refractivity contribution in [2.24, 2.45) is 15.9 Å². The molecular formula is C18H31N5O3S2. The summed E-state index contributed by atoms with van der Waals surface area (Å²) in [6.45, 7) is 3.65. The Balaban J connectivity index is 3.52. The molecule has 0 saturated heterocycles. The lowest BCUT2D eigenvalue weighted by Gasteiger charge is -2.37. The van der Waals surface area contributed by atoms with E-state index in [4.69, 9.17) is 5.41 Å². The molecule has 0 aromatic rings. The Labute approximate surface area is 172 Å². The Hall–Kier alpha value is -1.45. The molecule has 158 valence electrons. The molecule has 1 aliphatic rings. The number of nitrogens with one attached hydrogen (secondary N) is 1. The number of thioether (sulfide) groups is 1. The minimum absolute atomic E-state index is 0.0450. The smallest absolute Gasteiger partial charge is 0.176 e. The first-order chi connectivity index (χ1) is 13.1. The Kier molecular flexibility index (Phi) is 9.59. The van der Waals surface area contributed by atoms with Crippen molar-refractivity contribution in [2.45, 2.75) is 26.1 Å². The van der Waals surface area contributed by atoms with Crippen molar-refractivity contribution in [3.05, 3.63) is 16.7 Å². The average molecular weight is 430 g/mol. The molecule has 1 aliphatic heterocycles. The van der Waals surface area contributed by atoms with Gasteiger partial charge in [-0.1, -0.05) is 13.8 Å². The summed E-state index contributed by atoms with van der Waals surface area (Å²) in [4.78, 5) is 12.6. The van der Waals surface area contributed by atoms with Gasteiger partial charge in [-0.05, 0) is 25.2 Å². The second-order valence-electron chi connectivity index (χ2n) is 6.68. The Bertz CT molecular complexity index is 783. The molecule has 3 unspecified atom stereocenters. The molecule has 0 aromatic carbocycles. The fraction of sp³-hybridized carbons (Fsp3) is 0.667. The van der Waals surface area contributed by atoms with E-state index in [9.17, 15) is 13.5 Å². The highest BCUT2D eigenvalue weighted by atomic mass is 32.2. The van der Waals surface area contributed by atoms with Gasteiger partial charge in [-0.2, -0.15) is 11.8 Å². The third-order valence-electron chi connectivity index (χ3n) is 4.56. The highest BCUT2D eigenvalue weighted by Crippen LogP contribution is 2.32. The summed E-state index contributed by atoms with van der Waals surface area (Å²) in [7, 11) is 1.77. The van der Waals surface area contributed by atoms with Gasteiger partial charge in [0, 0.05) is 32.0 Å². The third kappa shape index (κ3) is 5.78. The fourth-order valence-corrected chi connectivity index (χ4v) is 4.99. The largest absolute Gasteiger partial charge is 0.377 e. The number of aliphatic imine (C=N–C) groups is 2. The van der Waals surface area contributed by atoms with Gasteiger partial charge in [0.25, 0.3) is 0 Å². The lowest BCUT2D eigenvalue weighted by molar-refractivity contribution is 0.0218. The van der Waals surface area contributed by atoms with Gasteiger partial charge in [0.2, 0.25) is 0 Å². The molecule has 0 bridgehead atoms. The first kappa shape index (κ1) is 24.6. The lowest BCUT2D eigenvalue weighted by Crippen LogP contribution is -2.48. The maximum Gasteiger partial charge on any atom is 0.176 e. The molecule has 3 atom stereocenters. The van der Waals surface area contributed by atoms with Crippen LogP contribution in [0.4, 0.5) is 0 Å². The number of aliphatic hydroxyl groups is 1. The maximum atomic E-state index is 13.0. The van der Waals surface area contributed by atoms with Gasteiger partial charge in [-0.25, -0.2) is 8.42 Å². The third-order valence-corrected chi connectivity index (χ3v) is 7.18. The van der Waals surface area contributed by atoms with E-state index in [0.717, 1.165) is 0 Å². The normalized spacial score (nSPS) is 21.6. The van der Waals surface area contributed by atoms with Gasteiger partial charge in [-0.15, -0.1) is 0 Å². The van der Waals surface area contributed by atoms with Crippen LogP contribution in [-0.2, 0) is 9.84 Å². The Morgan fingerprint density at radius 2 is 2.14 bits per heavy atom. The zero-order valence-electron chi connectivity index (χ0n) is 17.4. The molecule has 0 aliphatic carbocycles. The maximum absolute atomic E-state index is 13.0. The van der Waals surface area contributed by atoms with Crippen molar-refractivity contribution in [2.75, 3.05) is 45.4 Å². The topological polar surface area (TPSA) is 109 Å². The zero-order valence-corrected chi connectivity index (χ0v) is 19.0. The summed E-state index contributed by atoms with van der Waals surface area (Å²) >= 11 is 1.52. The monoisotopic (exact) mass is 429 g/mol. The first-order valence-electron chi connectivity index (χ1n) is 8.98. The van der Waals surface area contributed by atoms with Gasteiger partial charge in [0.05, 0.1) is 23.2 Å². The van der Waals surface area contributed by atoms with Gasteiger partial charge in [-0.3, -0.25) is 20.3 Å². The molecule has 1 rings (SSSR count). The second-order valence-corrected chi connectivity index (χ2v) is 9.84. The van der Waals surface area contributed by atoms with E-state index in [1.54, 1.807) is 44.1 Å². The molecule has 10 heteroatoms. The summed E-state index contributed by atoms with van der Waals surface area (Å²) in [5.41, 5.74) is 0.321. The first-order valence-corrected chi connectivity index (χ1v) is 12.0. The van der Waals surface area contributed by atoms with Crippen LogP contribution < -0.4 is 0 Å². The quantitative estimate of drug-likeness (QED) is 0.323. The van der Waals surface area contributed by atoms with Crippen molar-refractivity contribution in [1.29, 1.82) is 5.41 Å². The van der Waals surface area contributed by atoms with E-state index in [-0.39, 0.29) is 23.2 Å². The summed E-state index contributed by atoms with van der Waals surface area (Å²) in [5, 5.41) is 17.3. The molecule has 0 amide bonds. The molecular weight excluding hydrogens is 398 g/mol. The molecule has 28 heavy (non-hydrogen) atoms. The minimum atomic E-state index is -3.55. The van der Waals surface area contributed by atoms with Gasteiger partial charge >= 0.3 is 0 Å². The summed E-state index contributed by atoms with van der Waals surface area (Å²) < 4.78 is 25.9. The van der Waals surface area contributed by atoms with Gasteiger partial charge < -0.3 is 10.0 Å². The van der Waals surface area contributed by atoms with Gasteiger partial charge in [0.15, 0.2) is 15.7 Å². The van der Waals surface area contributed by atoms with Crippen molar-refractivity contribution in [3.8, 4) is 0 Å². The zero-order chi connectivity index (χ0) is 21.5. The van der Waals surface area contributed by atoms with Crippen LogP contribution in [-0.4, -0.2) is 99.0 Å². The highest BCUT2D eigenvalue weighted by molar-refractivity contribution is 7.98. The molecule has 0 spiro atoms. The number of nitrogens with zero attached hydrogens (tertiary/aromatic N) is 4. The number of rotatable bonds is 9. The number of likely N-dealkylation sites (N-methyl/N-ethyl adjacent to an activating group) is 1. The van der Waals surface area contributed by atoms with Crippen LogP contribution >= 0.6 is 11.8 Å². The molecule has 8 nitrogen and oxygen atoms in total. The van der Waals surface area contributed by atoms with Crippen LogP contribution in [0.5, 0.6) is 0 Å². The number of amidine groups is 1. The standard InChI is InChI=1S/C18H31N5O3S2/c1-7-28(25,26)17-13(2)14(23(5)15(24)12-27-6)11-21-16(17)18(22(3)4)20-10-8-9-19/h8,11,13-15,19,24H,7,10,12H2,1-6H3.